The molecule has 4 N–H and O–H groups in total. The summed E-state index contributed by atoms with van der Waals surface area (Å²) in [6.45, 7) is 0. The number of aromatic amines is 1. The molecule has 1 heterocycles. The molecule has 0 aliphatic carbocycles. The van der Waals surface area contributed by atoms with Crippen molar-refractivity contribution >= 4 is 30.1 Å². The highest BCUT2D eigenvalue weighted by Gasteiger charge is 2.25. The molecule has 0 atom stereocenters. The second-order valence-corrected chi connectivity index (χ2v) is 9.41. The van der Waals surface area contributed by atoms with E-state index in [9.17, 15) is 19.1 Å². The highest BCUT2D eigenvalue weighted by Crippen LogP contribution is 2.43. The second kappa shape index (κ2) is 10.7. The van der Waals surface area contributed by atoms with Gasteiger partial charge in [-0.05, 0) is 42.5 Å². The lowest BCUT2D eigenvalue weighted by Gasteiger charge is -2.15. The lowest BCUT2D eigenvalue weighted by molar-refractivity contribution is 0.104. The van der Waals surface area contributed by atoms with Crippen LogP contribution < -0.4 is 28.8 Å². The van der Waals surface area contributed by atoms with Gasteiger partial charge in [0.15, 0.2) is 17.3 Å². The Labute approximate surface area is 218 Å². The van der Waals surface area contributed by atoms with Crippen molar-refractivity contribution in [1.29, 1.82) is 0 Å². The molecule has 38 heavy (non-hydrogen) atoms. The van der Waals surface area contributed by atoms with Crippen LogP contribution >= 0.6 is 7.75 Å². The van der Waals surface area contributed by atoms with Crippen LogP contribution in [0.4, 0.5) is 5.69 Å². The van der Waals surface area contributed by atoms with E-state index < -0.39 is 7.75 Å². The van der Waals surface area contributed by atoms with Crippen molar-refractivity contribution in [3.63, 3.8) is 0 Å². The molecule has 4 aromatic rings. The molecule has 0 aliphatic rings. The fourth-order valence-electron chi connectivity index (χ4n) is 4.22. The van der Waals surface area contributed by atoms with E-state index in [0.29, 0.717) is 50.7 Å². The molecule has 4 rings (SSSR count). The first-order valence-electron chi connectivity index (χ1n) is 11.2. The van der Waals surface area contributed by atoms with Gasteiger partial charge in [0.2, 0.25) is 5.75 Å². The third-order valence-electron chi connectivity index (χ3n) is 5.91. The van der Waals surface area contributed by atoms with Crippen molar-refractivity contribution < 1.29 is 42.8 Å². The maximum atomic E-state index is 14.1. The van der Waals surface area contributed by atoms with Crippen LogP contribution in [0.1, 0.15) is 15.9 Å². The van der Waals surface area contributed by atoms with Crippen LogP contribution in [0.5, 0.6) is 28.7 Å². The summed E-state index contributed by atoms with van der Waals surface area (Å²) in [5.74, 6) is 1.42. The number of anilines is 1. The number of aromatic nitrogens is 1. The molecule has 0 radical (unpaired) electrons. The number of benzene rings is 3. The van der Waals surface area contributed by atoms with Crippen LogP contribution in [-0.2, 0) is 4.57 Å². The van der Waals surface area contributed by atoms with E-state index in [1.54, 1.807) is 42.5 Å². The number of hydrogen-bond acceptors (Lipinski definition) is 7. The van der Waals surface area contributed by atoms with E-state index in [4.69, 9.17) is 23.7 Å². The molecule has 0 unspecified atom stereocenters. The van der Waals surface area contributed by atoms with Crippen LogP contribution in [-0.4, -0.2) is 56.1 Å². The Morgan fingerprint density at radius 3 is 2.03 bits per heavy atom. The maximum absolute atomic E-state index is 14.1. The van der Waals surface area contributed by atoms with Gasteiger partial charge in [0, 0.05) is 22.6 Å². The number of H-pyrrole nitrogens is 1. The van der Waals surface area contributed by atoms with Crippen molar-refractivity contribution in [2.45, 2.75) is 0 Å². The van der Waals surface area contributed by atoms with Crippen molar-refractivity contribution in [3.8, 4) is 40.0 Å². The first-order valence-corrected chi connectivity index (χ1v) is 12.8. The smallest absolute Gasteiger partial charge is 0.427 e. The summed E-state index contributed by atoms with van der Waals surface area (Å²) in [4.78, 5) is 36.3. The van der Waals surface area contributed by atoms with Gasteiger partial charge in [-0.15, -0.1) is 0 Å². The van der Waals surface area contributed by atoms with Crippen LogP contribution in [0.25, 0.3) is 22.2 Å². The fourth-order valence-corrected chi connectivity index (χ4v) is 4.71. The van der Waals surface area contributed by atoms with Crippen molar-refractivity contribution in [3.05, 3.63) is 59.7 Å². The summed E-state index contributed by atoms with van der Waals surface area (Å²) in [7, 11) is 2.67. The zero-order valence-corrected chi connectivity index (χ0v) is 22.2. The van der Waals surface area contributed by atoms with Gasteiger partial charge in [-0.3, -0.25) is 9.88 Å². The van der Waals surface area contributed by atoms with E-state index in [0.717, 1.165) is 0 Å². The molecule has 200 valence electrons. The average molecular weight is 542 g/mol. The Hall–Kier alpha value is -4.18. The summed E-state index contributed by atoms with van der Waals surface area (Å²) in [5, 5.41) is 2.77. The minimum absolute atomic E-state index is 0.0563. The molecule has 0 amide bonds. The highest BCUT2D eigenvalue weighted by molar-refractivity contribution is 7.53. The molecule has 1 aromatic heterocycles. The minimum atomic E-state index is -4.65. The predicted molar refractivity (Wildman–Crippen MR) is 142 cm³/mol. The molecule has 11 nitrogen and oxygen atoms in total. The molecule has 0 aliphatic heterocycles. The van der Waals surface area contributed by atoms with Gasteiger partial charge in [0.1, 0.15) is 11.5 Å². The first kappa shape index (κ1) is 26.9. The molecule has 0 fully saturated rings. The van der Waals surface area contributed by atoms with Crippen molar-refractivity contribution in [2.24, 2.45) is 0 Å². The SMILES string of the molecule is COc1ccc2c(C(=O)c3cc(OC)c(OC)c(OC)c3)c(-c3ccc(OC)c(NP(=O)(O)O)c3)[nH]c2c1. The van der Waals surface area contributed by atoms with Gasteiger partial charge in [0.25, 0.3) is 0 Å². The number of rotatable bonds is 10. The maximum Gasteiger partial charge on any atom is 0.427 e. The van der Waals surface area contributed by atoms with Gasteiger partial charge in [0.05, 0.1) is 58.0 Å². The molecule has 0 bridgehead atoms. The van der Waals surface area contributed by atoms with E-state index in [1.165, 1.54) is 41.6 Å². The minimum Gasteiger partial charge on any atom is -0.497 e. The number of carbonyl (C=O) groups excluding carboxylic acids is 1. The molecular formula is C26H27N2O9P. The van der Waals surface area contributed by atoms with Crippen molar-refractivity contribution in [2.75, 3.05) is 40.6 Å². The standard InChI is InChI=1S/C26H27N2O9P/c1-33-16-7-8-17-18(13-16)27-24(14-6-9-20(34-2)19(10-14)28-38(30,31)32)23(17)25(29)15-11-21(35-3)26(37-5)22(12-15)36-4/h6-13,27H,1-5H3,(H3,28,30,31,32). The topological polar surface area (TPSA) is 149 Å². The van der Waals surface area contributed by atoms with Gasteiger partial charge in [-0.2, -0.15) is 0 Å². The Bertz CT molecular complexity index is 1530. The third-order valence-corrected chi connectivity index (χ3v) is 6.45. The van der Waals surface area contributed by atoms with Gasteiger partial charge >= 0.3 is 7.75 Å². The zero-order chi connectivity index (χ0) is 27.6. The number of methoxy groups -OCH3 is 5. The number of hydrogen-bond donors (Lipinski definition) is 4. The molecule has 0 spiro atoms. The molecule has 0 saturated heterocycles. The number of ether oxygens (including phenoxy) is 5. The lowest BCUT2D eigenvalue weighted by atomic mass is 9.96. The number of nitrogens with one attached hydrogen (secondary N) is 2. The highest BCUT2D eigenvalue weighted by atomic mass is 31.2. The third kappa shape index (κ3) is 5.12. The molecule has 0 saturated carbocycles. The first-order chi connectivity index (χ1) is 18.1. The second-order valence-electron chi connectivity index (χ2n) is 8.10. The summed E-state index contributed by atoms with van der Waals surface area (Å²) in [6, 6.07) is 13.1. The number of fused-ring (bicyclic) bond motifs is 1. The van der Waals surface area contributed by atoms with Crippen molar-refractivity contribution in [1.82, 2.24) is 4.98 Å². The largest absolute Gasteiger partial charge is 0.497 e. The van der Waals surface area contributed by atoms with Crippen LogP contribution in [0, 0.1) is 0 Å². The average Bonchev–Trinajstić information content (AvgIpc) is 3.29. The van der Waals surface area contributed by atoms with Crippen LogP contribution in [0.15, 0.2) is 48.5 Å². The van der Waals surface area contributed by atoms with Gasteiger partial charge < -0.3 is 38.5 Å². The zero-order valence-electron chi connectivity index (χ0n) is 21.3. The van der Waals surface area contributed by atoms with E-state index in [-0.39, 0.29) is 22.8 Å². The lowest BCUT2D eigenvalue weighted by Crippen LogP contribution is -2.05. The number of ketones is 1. The van der Waals surface area contributed by atoms with E-state index in [2.05, 4.69) is 10.1 Å². The van der Waals surface area contributed by atoms with Crippen LogP contribution in [0.3, 0.4) is 0 Å². The van der Waals surface area contributed by atoms with E-state index >= 15 is 0 Å². The molecule has 12 heteroatoms. The summed E-state index contributed by atoms with van der Waals surface area (Å²) >= 11 is 0. The Balaban J connectivity index is 1.97. The van der Waals surface area contributed by atoms with Crippen LogP contribution in [0.2, 0.25) is 0 Å². The Morgan fingerprint density at radius 2 is 1.47 bits per heavy atom. The van der Waals surface area contributed by atoms with Gasteiger partial charge in [-0.1, -0.05) is 0 Å². The fraction of sp³-hybridized carbons (Fsp3) is 0.192. The van der Waals surface area contributed by atoms with Gasteiger partial charge in [-0.25, -0.2) is 4.57 Å². The predicted octanol–water partition coefficient (Wildman–Crippen LogP) is 4.61. The summed E-state index contributed by atoms with van der Waals surface area (Å²) in [5.41, 5.74) is 2.18. The number of carbonyl (C=O) groups is 1. The van der Waals surface area contributed by atoms with E-state index in [1.807, 2.05) is 0 Å². The Kier molecular flexibility index (Phi) is 7.54. The summed E-state index contributed by atoms with van der Waals surface area (Å²) in [6.07, 6.45) is 0. The summed E-state index contributed by atoms with van der Waals surface area (Å²) < 4.78 is 38.5. The Morgan fingerprint density at radius 1 is 0.816 bits per heavy atom. The normalized spacial score (nSPS) is 11.2. The molecular weight excluding hydrogens is 515 g/mol. The molecule has 3 aromatic carbocycles. The monoisotopic (exact) mass is 542 g/mol. The quantitative estimate of drug-likeness (QED) is 0.165.